The maximum atomic E-state index is 5.52. The molecule has 32 heavy (non-hydrogen) atoms. The van der Waals surface area contributed by atoms with Crippen molar-refractivity contribution < 1.29 is 9.47 Å². The Balaban J connectivity index is 1.03. The van der Waals surface area contributed by atoms with Gasteiger partial charge < -0.3 is 14.8 Å². The van der Waals surface area contributed by atoms with E-state index in [4.69, 9.17) is 9.47 Å². The number of anilines is 1. The molecule has 0 amide bonds. The summed E-state index contributed by atoms with van der Waals surface area (Å²) < 4.78 is 12.8. The molecule has 166 valence electrons. The molecule has 0 bridgehead atoms. The van der Waals surface area contributed by atoms with Gasteiger partial charge in [0.2, 0.25) is 6.79 Å². The first-order valence-corrected chi connectivity index (χ1v) is 11.3. The van der Waals surface area contributed by atoms with E-state index in [-0.39, 0.29) is 0 Å². The Kier molecular flexibility index (Phi) is 4.75. The van der Waals surface area contributed by atoms with E-state index in [1.54, 1.807) is 0 Å². The van der Waals surface area contributed by atoms with Crippen LogP contribution in [0.4, 0.5) is 5.82 Å². The number of rotatable bonds is 5. The molecule has 2 aromatic heterocycles. The molecule has 8 nitrogen and oxygen atoms in total. The smallest absolute Gasteiger partial charge is 0.231 e. The summed E-state index contributed by atoms with van der Waals surface area (Å²) in [6, 6.07) is 10.8. The van der Waals surface area contributed by atoms with Crippen molar-refractivity contribution in [3.63, 3.8) is 0 Å². The maximum absolute atomic E-state index is 5.52. The van der Waals surface area contributed by atoms with E-state index in [9.17, 15) is 0 Å². The monoisotopic (exact) mass is 432 g/mol. The topological polar surface area (TPSA) is 77.3 Å². The Morgan fingerprint density at radius 3 is 2.56 bits per heavy atom. The zero-order chi connectivity index (χ0) is 21.7. The van der Waals surface area contributed by atoms with E-state index >= 15 is 0 Å². The van der Waals surface area contributed by atoms with Crippen LogP contribution in [0.2, 0.25) is 0 Å². The molecule has 3 aliphatic rings. The summed E-state index contributed by atoms with van der Waals surface area (Å²) in [7, 11) is 1.92. The molecule has 0 spiro atoms. The summed E-state index contributed by atoms with van der Waals surface area (Å²) in [5.41, 5.74) is 4.16. The maximum Gasteiger partial charge on any atom is 0.231 e. The van der Waals surface area contributed by atoms with Gasteiger partial charge in [-0.15, -0.1) is 10.2 Å². The molecular weight excluding hydrogens is 404 g/mol. The number of nitrogens with one attached hydrogen (secondary N) is 1. The summed E-state index contributed by atoms with van der Waals surface area (Å²) in [5.74, 6) is 4.07. The molecule has 0 unspecified atom stereocenters. The fourth-order valence-corrected chi connectivity index (χ4v) is 5.55. The van der Waals surface area contributed by atoms with E-state index in [1.807, 2.05) is 43.0 Å². The van der Waals surface area contributed by atoms with Gasteiger partial charge in [-0.05, 0) is 61.4 Å². The second-order valence-electron chi connectivity index (χ2n) is 9.32. The quantitative estimate of drug-likeness (QED) is 0.663. The van der Waals surface area contributed by atoms with Crippen LogP contribution < -0.4 is 14.8 Å². The predicted octanol–water partition coefficient (Wildman–Crippen LogP) is 3.24. The Bertz CT molecular complexity index is 1110. The standard InChI is InChI=1S/C24H28N6O2/c1-15-20(13-29(2)28-15)21-4-6-24(27-26-21)25-19-8-17-11-30(12-18(17)9-19)10-16-3-5-22-23(7-16)32-14-31-22/h3-7,13,17-19H,8-12,14H2,1-2H3,(H,25,27)/t17-,18+,19+. The van der Waals surface area contributed by atoms with Gasteiger partial charge in [-0.2, -0.15) is 5.10 Å². The van der Waals surface area contributed by atoms with Gasteiger partial charge in [-0.3, -0.25) is 9.58 Å². The lowest BCUT2D eigenvalue weighted by atomic mass is 10.0. The van der Waals surface area contributed by atoms with Crippen molar-refractivity contribution in [1.29, 1.82) is 0 Å². The first-order chi connectivity index (χ1) is 15.6. The number of aromatic nitrogens is 4. The van der Waals surface area contributed by atoms with Crippen LogP contribution in [0, 0.1) is 18.8 Å². The Hall–Kier alpha value is -3.13. The second kappa shape index (κ2) is 7.78. The molecule has 4 heterocycles. The van der Waals surface area contributed by atoms with Crippen molar-refractivity contribution in [2.75, 3.05) is 25.2 Å². The van der Waals surface area contributed by atoms with Crippen LogP contribution in [0.3, 0.4) is 0 Å². The van der Waals surface area contributed by atoms with Gasteiger partial charge in [0.25, 0.3) is 0 Å². The fraction of sp³-hybridized carbons (Fsp3) is 0.458. The van der Waals surface area contributed by atoms with Crippen molar-refractivity contribution in [3.8, 4) is 22.8 Å². The Labute approximate surface area is 187 Å². The van der Waals surface area contributed by atoms with Crippen molar-refractivity contribution >= 4 is 5.82 Å². The zero-order valence-corrected chi connectivity index (χ0v) is 18.5. The Morgan fingerprint density at radius 2 is 1.84 bits per heavy atom. The molecule has 0 radical (unpaired) electrons. The summed E-state index contributed by atoms with van der Waals surface area (Å²) in [6.07, 6.45) is 4.36. The first kappa shape index (κ1) is 19.5. The van der Waals surface area contributed by atoms with Crippen LogP contribution in [0.5, 0.6) is 11.5 Å². The normalized spacial score (nSPS) is 24.1. The number of aryl methyl sites for hydroxylation is 2. The number of likely N-dealkylation sites (tertiary alicyclic amines) is 1. The number of benzene rings is 1. The molecule has 3 atom stereocenters. The molecule has 2 aliphatic heterocycles. The highest BCUT2D eigenvalue weighted by molar-refractivity contribution is 5.61. The number of fused-ring (bicyclic) bond motifs is 2. The van der Waals surface area contributed by atoms with Gasteiger partial charge in [0.05, 0.1) is 11.4 Å². The highest BCUT2D eigenvalue weighted by atomic mass is 16.7. The molecule has 1 aliphatic carbocycles. The molecule has 2 fully saturated rings. The summed E-state index contributed by atoms with van der Waals surface area (Å²) >= 11 is 0. The molecule has 1 N–H and O–H groups in total. The van der Waals surface area contributed by atoms with Crippen LogP contribution in [-0.2, 0) is 13.6 Å². The summed E-state index contributed by atoms with van der Waals surface area (Å²) in [4.78, 5) is 2.58. The molecule has 1 aromatic carbocycles. The minimum atomic E-state index is 0.331. The van der Waals surface area contributed by atoms with E-state index in [1.165, 1.54) is 18.4 Å². The highest BCUT2D eigenvalue weighted by Crippen LogP contribution is 2.40. The van der Waals surface area contributed by atoms with Gasteiger partial charge in [0.15, 0.2) is 11.5 Å². The molecule has 3 aromatic rings. The van der Waals surface area contributed by atoms with Crippen LogP contribution in [0.15, 0.2) is 36.5 Å². The molecule has 6 rings (SSSR count). The molecule has 1 saturated carbocycles. The number of ether oxygens (including phenoxy) is 2. The average molecular weight is 433 g/mol. The van der Waals surface area contributed by atoms with Gasteiger partial charge in [0.1, 0.15) is 5.82 Å². The third-order valence-electron chi connectivity index (χ3n) is 6.98. The minimum Gasteiger partial charge on any atom is -0.454 e. The van der Waals surface area contributed by atoms with Crippen LogP contribution >= 0.6 is 0 Å². The third kappa shape index (κ3) is 3.68. The van der Waals surface area contributed by atoms with Gasteiger partial charge in [-0.1, -0.05) is 6.07 Å². The summed E-state index contributed by atoms with van der Waals surface area (Å²) in [5, 5.41) is 16.9. The third-order valence-corrected chi connectivity index (χ3v) is 6.98. The highest BCUT2D eigenvalue weighted by Gasteiger charge is 2.40. The van der Waals surface area contributed by atoms with Gasteiger partial charge >= 0.3 is 0 Å². The number of hydrogen-bond donors (Lipinski definition) is 1. The first-order valence-electron chi connectivity index (χ1n) is 11.3. The van der Waals surface area contributed by atoms with Crippen LogP contribution in [-0.4, -0.2) is 50.8 Å². The van der Waals surface area contributed by atoms with Crippen molar-refractivity contribution in [3.05, 3.63) is 47.8 Å². The average Bonchev–Trinajstić information content (AvgIpc) is 3.52. The van der Waals surface area contributed by atoms with Crippen molar-refractivity contribution in [2.24, 2.45) is 18.9 Å². The van der Waals surface area contributed by atoms with Crippen LogP contribution in [0.1, 0.15) is 24.1 Å². The largest absolute Gasteiger partial charge is 0.454 e. The zero-order valence-electron chi connectivity index (χ0n) is 18.5. The molecular formula is C24H28N6O2. The van der Waals surface area contributed by atoms with Gasteiger partial charge in [0, 0.05) is 44.5 Å². The Morgan fingerprint density at radius 1 is 1.03 bits per heavy atom. The lowest BCUT2D eigenvalue weighted by Gasteiger charge is -2.20. The SMILES string of the molecule is Cc1nn(C)cc1-c1ccc(N[C@H]2C[C@@H]3CN(Cc4ccc5c(c4)OCO5)C[C@@H]3C2)nn1. The van der Waals surface area contributed by atoms with E-state index < -0.39 is 0 Å². The lowest BCUT2D eigenvalue weighted by Crippen LogP contribution is -2.25. The second-order valence-corrected chi connectivity index (χ2v) is 9.32. The number of hydrogen-bond acceptors (Lipinski definition) is 7. The van der Waals surface area contributed by atoms with Gasteiger partial charge in [-0.25, -0.2) is 0 Å². The predicted molar refractivity (Wildman–Crippen MR) is 120 cm³/mol. The molecule has 1 saturated heterocycles. The van der Waals surface area contributed by atoms with E-state index in [0.29, 0.717) is 12.8 Å². The van der Waals surface area contributed by atoms with E-state index in [0.717, 1.165) is 65.7 Å². The van der Waals surface area contributed by atoms with Crippen molar-refractivity contribution in [2.45, 2.75) is 32.4 Å². The van der Waals surface area contributed by atoms with Crippen LogP contribution in [0.25, 0.3) is 11.3 Å². The fourth-order valence-electron chi connectivity index (χ4n) is 5.55. The summed E-state index contributed by atoms with van der Waals surface area (Å²) in [6.45, 7) is 5.61. The molecule has 8 heteroatoms. The van der Waals surface area contributed by atoms with E-state index in [2.05, 4.69) is 37.6 Å². The number of nitrogens with zero attached hydrogens (tertiary/aromatic N) is 5. The minimum absolute atomic E-state index is 0.331. The lowest BCUT2D eigenvalue weighted by molar-refractivity contribution is 0.174. The van der Waals surface area contributed by atoms with Crippen molar-refractivity contribution in [1.82, 2.24) is 24.9 Å².